The monoisotopic (exact) mass is 370 g/mol. The fourth-order valence-corrected chi connectivity index (χ4v) is 3.04. The quantitative estimate of drug-likeness (QED) is 0.793. The van der Waals surface area contributed by atoms with Gasteiger partial charge in [-0.15, -0.1) is 4.83 Å². The highest BCUT2D eigenvalue weighted by molar-refractivity contribution is 7.89. The molecule has 0 radical (unpaired) electrons. The maximum Gasteiger partial charge on any atom is 0.266 e. The molecule has 10 heteroatoms. The lowest BCUT2D eigenvalue weighted by Gasteiger charge is -2.18. The van der Waals surface area contributed by atoms with Gasteiger partial charge in [0.1, 0.15) is 29.7 Å². The van der Waals surface area contributed by atoms with Crippen molar-refractivity contribution in [2.24, 2.45) is 0 Å². The first-order valence-electron chi connectivity index (χ1n) is 7.04. The molecule has 25 heavy (non-hydrogen) atoms. The van der Waals surface area contributed by atoms with Crippen LogP contribution in [-0.2, 0) is 10.0 Å². The smallest absolute Gasteiger partial charge is 0.266 e. The number of carbonyl (C=O) groups excluding carboxylic acids is 1. The van der Waals surface area contributed by atoms with Crippen molar-refractivity contribution in [1.82, 2.24) is 10.3 Å². The topological polar surface area (TPSA) is 93.7 Å². The van der Waals surface area contributed by atoms with Crippen molar-refractivity contribution in [1.29, 1.82) is 0 Å². The molecule has 2 N–H and O–H groups in total. The first-order chi connectivity index (χ1) is 11.9. The SMILES string of the molecule is O=C(NNS(=O)(=O)c1cc(F)ccc1F)c1ccc2c(c1)OCCO2. The van der Waals surface area contributed by atoms with Gasteiger partial charge in [0.2, 0.25) is 0 Å². The summed E-state index contributed by atoms with van der Waals surface area (Å²) in [4.78, 5) is 12.9. The largest absolute Gasteiger partial charge is 0.486 e. The molecule has 0 saturated carbocycles. The summed E-state index contributed by atoms with van der Waals surface area (Å²) in [6, 6.07) is 6.24. The van der Waals surface area contributed by atoms with E-state index in [9.17, 15) is 22.0 Å². The summed E-state index contributed by atoms with van der Waals surface area (Å²) < 4.78 is 61.3. The second-order valence-electron chi connectivity index (χ2n) is 4.99. The number of fused-ring (bicyclic) bond motifs is 1. The highest BCUT2D eigenvalue weighted by Gasteiger charge is 2.21. The van der Waals surface area contributed by atoms with Crippen LogP contribution >= 0.6 is 0 Å². The fraction of sp³-hybridized carbons (Fsp3) is 0.133. The molecule has 0 aromatic heterocycles. The Hall–Kier alpha value is -2.72. The lowest BCUT2D eigenvalue weighted by Crippen LogP contribution is -2.41. The number of carbonyl (C=O) groups is 1. The van der Waals surface area contributed by atoms with E-state index >= 15 is 0 Å². The molecular formula is C15H12F2N2O5S. The van der Waals surface area contributed by atoms with Crippen LogP contribution in [0.5, 0.6) is 11.5 Å². The van der Waals surface area contributed by atoms with E-state index in [-0.39, 0.29) is 5.56 Å². The van der Waals surface area contributed by atoms with Gasteiger partial charge in [-0.3, -0.25) is 10.2 Å². The second-order valence-corrected chi connectivity index (χ2v) is 6.64. The van der Waals surface area contributed by atoms with Crippen molar-refractivity contribution < 1.29 is 31.5 Å². The third kappa shape index (κ3) is 3.69. The highest BCUT2D eigenvalue weighted by Crippen LogP contribution is 2.30. The number of hydrogen-bond donors (Lipinski definition) is 2. The molecule has 3 rings (SSSR count). The Morgan fingerprint density at radius 3 is 2.48 bits per heavy atom. The Morgan fingerprint density at radius 2 is 1.72 bits per heavy atom. The second kappa shape index (κ2) is 6.65. The molecule has 7 nitrogen and oxygen atoms in total. The van der Waals surface area contributed by atoms with E-state index in [4.69, 9.17) is 9.47 Å². The van der Waals surface area contributed by atoms with Gasteiger partial charge < -0.3 is 9.47 Å². The molecule has 132 valence electrons. The van der Waals surface area contributed by atoms with Gasteiger partial charge in [-0.25, -0.2) is 17.2 Å². The molecule has 0 bridgehead atoms. The normalized spacial score (nSPS) is 13.4. The summed E-state index contributed by atoms with van der Waals surface area (Å²) in [5.41, 5.74) is 2.02. The zero-order valence-corrected chi connectivity index (χ0v) is 13.4. The number of sulfonamides is 1. The van der Waals surface area contributed by atoms with Gasteiger partial charge in [0.25, 0.3) is 15.9 Å². The van der Waals surface area contributed by atoms with Gasteiger partial charge in [-0.05, 0) is 36.4 Å². The number of amides is 1. The van der Waals surface area contributed by atoms with E-state index in [2.05, 4.69) is 0 Å². The number of nitrogens with one attached hydrogen (secondary N) is 2. The lowest BCUT2D eigenvalue weighted by atomic mass is 10.2. The van der Waals surface area contributed by atoms with Crippen LogP contribution in [0.15, 0.2) is 41.3 Å². The standard InChI is InChI=1S/C15H12F2N2O5S/c16-10-2-3-11(17)14(8-10)25(21,22)19-18-15(20)9-1-4-12-13(7-9)24-6-5-23-12/h1-4,7-8,19H,5-6H2,(H,18,20). The van der Waals surface area contributed by atoms with E-state index in [1.165, 1.54) is 18.2 Å². The summed E-state index contributed by atoms with van der Waals surface area (Å²) in [6.07, 6.45) is 0. The molecule has 0 spiro atoms. The summed E-state index contributed by atoms with van der Waals surface area (Å²) in [6.45, 7) is 0.709. The summed E-state index contributed by atoms with van der Waals surface area (Å²) in [5, 5.41) is 0. The van der Waals surface area contributed by atoms with Gasteiger partial charge in [0.05, 0.1) is 0 Å². The van der Waals surface area contributed by atoms with Crippen LogP contribution in [0.25, 0.3) is 0 Å². The molecule has 1 aliphatic rings. The van der Waals surface area contributed by atoms with Crippen molar-refractivity contribution in [3.63, 3.8) is 0 Å². The van der Waals surface area contributed by atoms with Crippen molar-refractivity contribution in [3.8, 4) is 11.5 Å². The highest BCUT2D eigenvalue weighted by atomic mass is 32.2. The molecule has 0 unspecified atom stereocenters. The van der Waals surface area contributed by atoms with Crippen LogP contribution in [0.2, 0.25) is 0 Å². The Balaban J connectivity index is 1.74. The molecule has 0 atom stereocenters. The average molecular weight is 370 g/mol. The van der Waals surface area contributed by atoms with Crippen LogP contribution in [0.1, 0.15) is 10.4 Å². The Labute approximate surface area is 141 Å². The first-order valence-corrected chi connectivity index (χ1v) is 8.52. The summed E-state index contributed by atoms with van der Waals surface area (Å²) >= 11 is 0. The number of ether oxygens (including phenoxy) is 2. The zero-order valence-electron chi connectivity index (χ0n) is 12.6. The molecular weight excluding hydrogens is 358 g/mol. The number of hydrogen-bond acceptors (Lipinski definition) is 5. The maximum absolute atomic E-state index is 13.6. The summed E-state index contributed by atoms with van der Waals surface area (Å²) in [5.74, 6) is -2.08. The van der Waals surface area contributed by atoms with Crippen molar-refractivity contribution in [2.75, 3.05) is 13.2 Å². The molecule has 1 heterocycles. The van der Waals surface area contributed by atoms with Crippen LogP contribution in [-0.4, -0.2) is 27.5 Å². The number of hydrazine groups is 1. The molecule has 2 aromatic rings. The van der Waals surface area contributed by atoms with E-state index in [0.29, 0.717) is 36.8 Å². The zero-order chi connectivity index (χ0) is 18.0. The van der Waals surface area contributed by atoms with Crippen molar-refractivity contribution >= 4 is 15.9 Å². The van der Waals surface area contributed by atoms with Gasteiger partial charge >= 0.3 is 0 Å². The maximum atomic E-state index is 13.6. The molecule has 2 aromatic carbocycles. The predicted molar refractivity (Wildman–Crippen MR) is 81.6 cm³/mol. The van der Waals surface area contributed by atoms with Gasteiger partial charge in [0, 0.05) is 5.56 Å². The third-order valence-corrected chi connectivity index (χ3v) is 4.55. The number of benzene rings is 2. The van der Waals surface area contributed by atoms with Crippen LogP contribution in [0.3, 0.4) is 0 Å². The summed E-state index contributed by atoms with van der Waals surface area (Å²) in [7, 11) is -4.49. The van der Waals surface area contributed by atoms with Crippen LogP contribution in [0, 0.1) is 11.6 Å². The van der Waals surface area contributed by atoms with Gasteiger partial charge in [-0.1, -0.05) is 0 Å². The molecule has 1 amide bonds. The van der Waals surface area contributed by atoms with Crippen molar-refractivity contribution in [2.45, 2.75) is 4.90 Å². The Kier molecular flexibility index (Phi) is 4.55. The van der Waals surface area contributed by atoms with Crippen LogP contribution < -0.4 is 19.7 Å². The molecule has 0 saturated heterocycles. The minimum atomic E-state index is -4.49. The van der Waals surface area contributed by atoms with E-state index in [1.807, 2.05) is 5.43 Å². The molecule has 0 fully saturated rings. The van der Waals surface area contributed by atoms with Gasteiger partial charge in [0.15, 0.2) is 11.5 Å². The number of halogens is 2. The fourth-order valence-electron chi connectivity index (χ4n) is 2.11. The van der Waals surface area contributed by atoms with E-state index in [0.717, 1.165) is 6.07 Å². The number of rotatable bonds is 4. The van der Waals surface area contributed by atoms with Crippen LogP contribution in [0.4, 0.5) is 8.78 Å². The Morgan fingerprint density at radius 1 is 1.00 bits per heavy atom. The minimum absolute atomic E-state index is 0.0895. The first kappa shape index (κ1) is 17.1. The van der Waals surface area contributed by atoms with Crippen molar-refractivity contribution in [3.05, 3.63) is 53.6 Å². The average Bonchev–Trinajstić information content (AvgIpc) is 2.61. The van der Waals surface area contributed by atoms with E-state index < -0.39 is 32.5 Å². The lowest BCUT2D eigenvalue weighted by molar-refractivity contribution is 0.0944. The molecule has 1 aliphatic heterocycles. The third-order valence-electron chi connectivity index (χ3n) is 3.29. The Bertz CT molecular complexity index is 934. The van der Waals surface area contributed by atoms with Gasteiger partial charge in [-0.2, -0.15) is 0 Å². The predicted octanol–water partition coefficient (Wildman–Crippen LogP) is 1.36. The minimum Gasteiger partial charge on any atom is -0.486 e. The molecule has 0 aliphatic carbocycles. The van der Waals surface area contributed by atoms with E-state index in [1.54, 1.807) is 4.83 Å².